The van der Waals surface area contributed by atoms with Crippen molar-refractivity contribution in [2.45, 2.75) is 32.2 Å². The Balaban J connectivity index is 0.000000918. The van der Waals surface area contributed by atoms with E-state index >= 15 is 0 Å². The monoisotopic (exact) mass is 372 g/mol. The zero-order chi connectivity index (χ0) is 19.6. The molecule has 4 N–H and O–H groups in total. The molecular weight excluding hydrogens is 344 g/mol. The number of aliphatic hydroxyl groups is 1. The molecular formula is C16H28N4O6. The predicted molar refractivity (Wildman–Crippen MR) is 93.4 cm³/mol. The number of hydrogen-bond acceptors (Lipinski definition) is 6. The molecule has 1 aromatic rings. The van der Waals surface area contributed by atoms with Crippen molar-refractivity contribution in [2.75, 3.05) is 32.8 Å². The molecule has 0 aromatic carbocycles. The first-order valence-corrected chi connectivity index (χ1v) is 8.37. The normalized spacial score (nSPS) is 13.9. The molecule has 0 spiro atoms. The lowest BCUT2D eigenvalue weighted by Crippen LogP contribution is -2.41. The van der Waals surface area contributed by atoms with Crippen LogP contribution in [0, 0.1) is 0 Å². The number of nitrogens with zero attached hydrogens (tertiary/aromatic N) is 3. The van der Waals surface area contributed by atoms with Crippen molar-refractivity contribution >= 4 is 18.9 Å². The van der Waals surface area contributed by atoms with Crippen LogP contribution in [0.25, 0.3) is 0 Å². The van der Waals surface area contributed by atoms with Crippen LogP contribution in [0.4, 0.5) is 0 Å². The minimum Gasteiger partial charge on any atom is -0.483 e. The molecule has 1 aliphatic heterocycles. The highest BCUT2D eigenvalue weighted by molar-refractivity contribution is 5.78. The maximum absolute atomic E-state index is 12.4. The third kappa shape index (κ3) is 11.2. The van der Waals surface area contributed by atoms with Crippen LogP contribution in [0.3, 0.4) is 0 Å². The van der Waals surface area contributed by atoms with Gasteiger partial charge in [-0.3, -0.25) is 19.3 Å². The summed E-state index contributed by atoms with van der Waals surface area (Å²) in [6.45, 7) is 2.71. The maximum atomic E-state index is 12.4. The largest absolute Gasteiger partial charge is 0.483 e. The van der Waals surface area contributed by atoms with Crippen molar-refractivity contribution in [1.29, 1.82) is 0 Å². The Bertz CT molecular complexity index is 469. The molecule has 148 valence electrons. The Morgan fingerprint density at radius 2 is 1.77 bits per heavy atom. The minimum atomic E-state index is -0.250. The third-order valence-corrected chi connectivity index (χ3v) is 3.68. The average Bonchev–Trinajstić information content (AvgIpc) is 2.99. The molecule has 1 amide bonds. The van der Waals surface area contributed by atoms with Crippen molar-refractivity contribution in [2.24, 2.45) is 0 Å². The first kappa shape index (κ1) is 23.5. The van der Waals surface area contributed by atoms with Gasteiger partial charge in [0.25, 0.3) is 12.9 Å². The number of aromatic amines is 1. The smallest absolute Gasteiger partial charge is 0.290 e. The molecule has 10 nitrogen and oxygen atoms in total. The quantitative estimate of drug-likeness (QED) is 0.511. The van der Waals surface area contributed by atoms with Gasteiger partial charge >= 0.3 is 0 Å². The van der Waals surface area contributed by atoms with Crippen LogP contribution in [-0.2, 0) is 20.9 Å². The maximum Gasteiger partial charge on any atom is 0.290 e. The molecule has 0 unspecified atom stereocenters. The number of carbonyl (C=O) groups excluding carboxylic acids is 1. The van der Waals surface area contributed by atoms with E-state index in [0.717, 1.165) is 18.9 Å². The summed E-state index contributed by atoms with van der Waals surface area (Å²) < 4.78 is 0. The molecule has 1 aliphatic rings. The standard InChI is InChI=1S/C14H24N4O2.2CH2O2/c19-10-9-18(11-13-15-5-6-16-13)14(20)12-17-7-3-1-2-4-8-17;2*2-1-3/h5-6,19H,1-4,7-12H2,(H,15,16);2*1H,(H,2,3). The van der Waals surface area contributed by atoms with Crippen LogP contribution in [0.2, 0.25) is 0 Å². The number of imidazole rings is 1. The van der Waals surface area contributed by atoms with Gasteiger partial charge in [0.2, 0.25) is 5.91 Å². The van der Waals surface area contributed by atoms with Crippen molar-refractivity contribution in [3.05, 3.63) is 18.2 Å². The first-order chi connectivity index (χ1) is 12.6. The first-order valence-electron chi connectivity index (χ1n) is 8.37. The fourth-order valence-electron chi connectivity index (χ4n) is 2.56. The predicted octanol–water partition coefficient (Wildman–Crippen LogP) is 0.00820. The number of rotatable bonds is 6. The van der Waals surface area contributed by atoms with Gasteiger partial charge < -0.3 is 25.2 Å². The van der Waals surface area contributed by atoms with E-state index in [-0.39, 0.29) is 25.5 Å². The Morgan fingerprint density at radius 3 is 2.23 bits per heavy atom. The SMILES string of the molecule is O=C(CN1CCCCCC1)N(CCO)Cc1ncc[nH]1.O=CO.O=CO. The Morgan fingerprint density at radius 1 is 1.19 bits per heavy atom. The van der Waals surface area contributed by atoms with Gasteiger partial charge in [-0.2, -0.15) is 0 Å². The van der Waals surface area contributed by atoms with Crippen LogP contribution in [0.15, 0.2) is 12.4 Å². The highest BCUT2D eigenvalue weighted by atomic mass is 16.3. The van der Waals surface area contributed by atoms with Gasteiger partial charge in [-0.25, -0.2) is 4.98 Å². The number of H-pyrrole nitrogens is 1. The van der Waals surface area contributed by atoms with Gasteiger partial charge in [0.15, 0.2) is 0 Å². The number of carbonyl (C=O) groups is 3. The van der Waals surface area contributed by atoms with E-state index in [1.807, 2.05) is 0 Å². The van der Waals surface area contributed by atoms with Gasteiger partial charge in [-0.1, -0.05) is 12.8 Å². The summed E-state index contributed by atoms with van der Waals surface area (Å²) in [5.74, 6) is 0.819. The number of aromatic nitrogens is 2. The molecule has 1 aromatic heterocycles. The number of likely N-dealkylation sites (tertiary alicyclic amines) is 1. The summed E-state index contributed by atoms with van der Waals surface area (Å²) in [5.41, 5.74) is 0. The zero-order valence-electron chi connectivity index (χ0n) is 14.8. The van der Waals surface area contributed by atoms with Gasteiger partial charge in [0.05, 0.1) is 19.7 Å². The van der Waals surface area contributed by atoms with Crippen molar-refractivity contribution in [3.63, 3.8) is 0 Å². The summed E-state index contributed by atoms with van der Waals surface area (Å²) in [7, 11) is 0. The highest BCUT2D eigenvalue weighted by Gasteiger charge is 2.19. The third-order valence-electron chi connectivity index (χ3n) is 3.68. The second kappa shape index (κ2) is 16.0. The molecule has 10 heteroatoms. The van der Waals surface area contributed by atoms with Crippen LogP contribution < -0.4 is 0 Å². The molecule has 26 heavy (non-hydrogen) atoms. The Hall–Kier alpha value is -2.46. The number of hydrogen-bond donors (Lipinski definition) is 4. The molecule has 2 heterocycles. The van der Waals surface area contributed by atoms with Crippen molar-refractivity contribution in [1.82, 2.24) is 19.8 Å². The molecule has 1 fully saturated rings. The lowest BCUT2D eigenvalue weighted by Gasteiger charge is -2.25. The lowest BCUT2D eigenvalue weighted by atomic mass is 10.2. The molecule has 0 aliphatic carbocycles. The second-order valence-corrected chi connectivity index (χ2v) is 5.48. The molecule has 1 saturated heterocycles. The van der Waals surface area contributed by atoms with Gasteiger partial charge in [0.1, 0.15) is 5.82 Å². The summed E-state index contributed by atoms with van der Waals surface area (Å²) in [5, 5.41) is 22.9. The molecule has 2 rings (SSSR count). The number of amides is 1. The van der Waals surface area contributed by atoms with Crippen molar-refractivity contribution in [3.8, 4) is 0 Å². The molecule has 0 radical (unpaired) electrons. The fraction of sp³-hybridized carbons (Fsp3) is 0.625. The van der Waals surface area contributed by atoms with E-state index in [4.69, 9.17) is 24.9 Å². The zero-order valence-corrected chi connectivity index (χ0v) is 14.8. The number of carboxylic acid groups (broad SMARTS) is 2. The highest BCUT2D eigenvalue weighted by Crippen LogP contribution is 2.10. The second-order valence-electron chi connectivity index (χ2n) is 5.48. The molecule has 0 saturated carbocycles. The van der Waals surface area contributed by atoms with E-state index in [1.54, 1.807) is 17.3 Å². The summed E-state index contributed by atoms with van der Waals surface area (Å²) >= 11 is 0. The van der Waals surface area contributed by atoms with Gasteiger partial charge in [-0.05, 0) is 25.9 Å². The van der Waals surface area contributed by atoms with Crippen molar-refractivity contribution < 1.29 is 29.7 Å². The van der Waals surface area contributed by atoms with Crippen LogP contribution in [-0.4, -0.2) is 86.7 Å². The summed E-state index contributed by atoms with van der Waals surface area (Å²) in [6, 6.07) is 0. The van der Waals surface area contributed by atoms with E-state index in [2.05, 4.69) is 14.9 Å². The lowest BCUT2D eigenvalue weighted by molar-refractivity contribution is -0.133. The topological polar surface area (TPSA) is 147 Å². The van der Waals surface area contributed by atoms with Crippen LogP contribution in [0.1, 0.15) is 31.5 Å². The summed E-state index contributed by atoms with van der Waals surface area (Å²) in [4.78, 5) is 40.1. The van der Waals surface area contributed by atoms with E-state index < -0.39 is 0 Å². The Labute approximate surface area is 152 Å². The molecule has 0 atom stereocenters. The van der Waals surface area contributed by atoms with E-state index in [9.17, 15) is 4.79 Å². The number of nitrogens with one attached hydrogen (secondary N) is 1. The van der Waals surface area contributed by atoms with Gasteiger partial charge in [-0.15, -0.1) is 0 Å². The summed E-state index contributed by atoms with van der Waals surface area (Å²) in [6.07, 6.45) is 8.28. The van der Waals surface area contributed by atoms with E-state index in [1.165, 1.54) is 25.7 Å². The Kier molecular flexibility index (Phi) is 14.5. The van der Waals surface area contributed by atoms with Gasteiger partial charge in [0, 0.05) is 18.9 Å². The average molecular weight is 372 g/mol. The van der Waals surface area contributed by atoms with Crippen LogP contribution >= 0.6 is 0 Å². The molecule has 0 bridgehead atoms. The number of aliphatic hydroxyl groups excluding tert-OH is 1. The fourth-order valence-corrected chi connectivity index (χ4v) is 2.56. The van der Waals surface area contributed by atoms with Crippen LogP contribution in [0.5, 0.6) is 0 Å². The minimum absolute atomic E-state index is 0.0214. The van der Waals surface area contributed by atoms with E-state index in [0.29, 0.717) is 19.6 Å².